The van der Waals surface area contributed by atoms with Gasteiger partial charge in [0.25, 0.3) is 0 Å². The van der Waals surface area contributed by atoms with Gasteiger partial charge in [0.05, 0.1) is 53.9 Å². The zero-order chi connectivity index (χ0) is 20.7. The molecule has 3 atom stereocenters. The Bertz CT molecular complexity index is 910. The normalized spacial score (nSPS) is 24.4. The average molecular weight is 422 g/mol. The topological polar surface area (TPSA) is 62.6 Å². The lowest BCUT2D eigenvalue weighted by Crippen LogP contribution is -2.48. The van der Waals surface area contributed by atoms with E-state index >= 15 is 0 Å². The lowest BCUT2D eigenvalue weighted by molar-refractivity contribution is -0.00533. The maximum absolute atomic E-state index is 13.4. The summed E-state index contributed by atoms with van der Waals surface area (Å²) in [5.74, 6) is -0.515. The highest BCUT2D eigenvalue weighted by molar-refractivity contribution is 6.31. The summed E-state index contributed by atoms with van der Waals surface area (Å²) < 4.78 is 21.2. The summed E-state index contributed by atoms with van der Waals surface area (Å²) in [7, 11) is 0. The van der Waals surface area contributed by atoms with Crippen LogP contribution in [-0.4, -0.2) is 52.1 Å². The van der Waals surface area contributed by atoms with Gasteiger partial charge in [-0.2, -0.15) is 5.10 Å². The van der Waals surface area contributed by atoms with Gasteiger partial charge in [-0.3, -0.25) is 4.68 Å². The third-order valence-corrected chi connectivity index (χ3v) is 5.70. The van der Waals surface area contributed by atoms with Gasteiger partial charge in [-0.25, -0.2) is 9.18 Å². The molecule has 1 aromatic carbocycles. The number of nitrogens with zero attached hydrogens (tertiary/aromatic N) is 4. The minimum absolute atomic E-state index is 0.0228. The van der Waals surface area contributed by atoms with Crippen LogP contribution in [0.2, 0.25) is 5.02 Å². The van der Waals surface area contributed by atoms with Gasteiger partial charge < -0.3 is 19.9 Å². The Morgan fingerprint density at radius 1 is 1.24 bits per heavy atom. The van der Waals surface area contributed by atoms with Crippen molar-refractivity contribution in [2.24, 2.45) is 0 Å². The van der Waals surface area contributed by atoms with Crippen LogP contribution in [-0.2, 0) is 17.8 Å². The van der Waals surface area contributed by atoms with Crippen LogP contribution in [0.15, 0.2) is 24.4 Å². The van der Waals surface area contributed by atoms with Gasteiger partial charge in [-0.15, -0.1) is 0 Å². The molecule has 0 bridgehead atoms. The van der Waals surface area contributed by atoms with Gasteiger partial charge in [0.15, 0.2) is 0 Å². The van der Waals surface area contributed by atoms with Gasteiger partial charge in [0, 0.05) is 18.8 Å². The number of carbonyl (C=O) groups is 1. The van der Waals surface area contributed by atoms with E-state index in [0.717, 1.165) is 24.5 Å². The van der Waals surface area contributed by atoms with Gasteiger partial charge in [0.1, 0.15) is 5.82 Å². The van der Waals surface area contributed by atoms with Crippen LogP contribution in [0.5, 0.6) is 0 Å². The van der Waals surface area contributed by atoms with Crippen molar-refractivity contribution >= 4 is 29.0 Å². The van der Waals surface area contributed by atoms with Crippen LogP contribution in [0.25, 0.3) is 0 Å². The van der Waals surface area contributed by atoms with Crippen LogP contribution in [0.4, 0.5) is 20.6 Å². The molecule has 0 aliphatic carbocycles. The molecule has 1 N–H and O–H groups in total. The minimum atomic E-state index is -0.515. The Kier molecular flexibility index (Phi) is 5.40. The third-order valence-electron chi connectivity index (χ3n) is 5.41. The number of carbonyl (C=O) groups excluding carboxylic acids is 1. The van der Waals surface area contributed by atoms with Crippen LogP contribution in [0.3, 0.4) is 0 Å². The van der Waals surface area contributed by atoms with Crippen molar-refractivity contribution < 1.29 is 13.9 Å². The standard InChI is InChI=1S/C20H25ClFN5O2/c1-12-8-27-19(18(7-23-27)25-9-13(2)29-14(3)10-25)11-26(12)20(28)24-15-4-5-17(22)16(21)6-15/h4-7,12-14H,8-11H2,1-3H3,(H,24,28)/t12?,13-,14-/m1/s1. The number of benzene rings is 1. The van der Waals surface area contributed by atoms with Crippen LogP contribution >= 0.6 is 11.6 Å². The molecule has 1 saturated heterocycles. The zero-order valence-corrected chi connectivity index (χ0v) is 17.5. The number of amides is 2. The molecule has 0 radical (unpaired) electrons. The summed E-state index contributed by atoms with van der Waals surface area (Å²) in [4.78, 5) is 17.0. The summed E-state index contributed by atoms with van der Waals surface area (Å²) >= 11 is 5.83. The second kappa shape index (κ2) is 7.84. The number of fused-ring (bicyclic) bond motifs is 1. The fourth-order valence-electron chi connectivity index (χ4n) is 4.07. The lowest BCUT2D eigenvalue weighted by Gasteiger charge is -2.39. The summed E-state index contributed by atoms with van der Waals surface area (Å²) in [6, 6.07) is 3.87. The van der Waals surface area contributed by atoms with Crippen molar-refractivity contribution in [3.05, 3.63) is 40.9 Å². The number of ether oxygens (including phenoxy) is 1. The van der Waals surface area contributed by atoms with E-state index in [9.17, 15) is 9.18 Å². The highest BCUT2D eigenvalue weighted by Gasteiger charge is 2.32. The van der Waals surface area contributed by atoms with Gasteiger partial charge in [-0.05, 0) is 39.0 Å². The number of anilines is 2. The molecule has 29 heavy (non-hydrogen) atoms. The number of hydrogen-bond donors (Lipinski definition) is 1. The minimum Gasteiger partial charge on any atom is -0.372 e. The van der Waals surface area contributed by atoms with Crippen molar-refractivity contribution in [3.63, 3.8) is 0 Å². The molecule has 3 heterocycles. The van der Waals surface area contributed by atoms with Crippen molar-refractivity contribution in [1.29, 1.82) is 0 Å². The molecule has 9 heteroatoms. The molecular formula is C20H25ClFN5O2. The predicted molar refractivity (Wildman–Crippen MR) is 110 cm³/mol. The molecule has 0 spiro atoms. The monoisotopic (exact) mass is 421 g/mol. The lowest BCUT2D eigenvalue weighted by atomic mass is 10.1. The fraction of sp³-hybridized carbons (Fsp3) is 0.500. The van der Waals surface area contributed by atoms with E-state index in [4.69, 9.17) is 16.3 Å². The number of hydrogen-bond acceptors (Lipinski definition) is 4. The second-order valence-corrected chi connectivity index (χ2v) is 8.26. The number of halogens is 2. The molecule has 2 aromatic rings. The molecule has 0 saturated carbocycles. The number of nitrogens with one attached hydrogen (secondary N) is 1. The molecule has 7 nitrogen and oxygen atoms in total. The van der Waals surface area contributed by atoms with E-state index < -0.39 is 5.82 Å². The first-order valence-electron chi connectivity index (χ1n) is 9.79. The van der Waals surface area contributed by atoms with Crippen LogP contribution < -0.4 is 10.2 Å². The van der Waals surface area contributed by atoms with Crippen molar-refractivity contribution in [2.75, 3.05) is 23.3 Å². The Balaban J connectivity index is 1.53. The summed E-state index contributed by atoms with van der Waals surface area (Å²) in [6.45, 7) is 8.75. The molecule has 1 fully saturated rings. The quantitative estimate of drug-likeness (QED) is 0.802. The van der Waals surface area contributed by atoms with Gasteiger partial charge in [-0.1, -0.05) is 11.6 Å². The summed E-state index contributed by atoms with van der Waals surface area (Å²) in [5.41, 5.74) is 2.52. The van der Waals surface area contributed by atoms with E-state index in [1.807, 2.05) is 17.8 Å². The number of aromatic nitrogens is 2. The number of morpholine rings is 1. The van der Waals surface area contributed by atoms with Gasteiger partial charge >= 0.3 is 6.03 Å². The second-order valence-electron chi connectivity index (χ2n) is 7.86. The third kappa shape index (κ3) is 4.04. The van der Waals surface area contributed by atoms with E-state index in [-0.39, 0.29) is 29.3 Å². The summed E-state index contributed by atoms with van der Waals surface area (Å²) in [6.07, 6.45) is 2.16. The highest BCUT2D eigenvalue weighted by Crippen LogP contribution is 2.30. The highest BCUT2D eigenvalue weighted by atomic mass is 35.5. The fourth-order valence-corrected chi connectivity index (χ4v) is 4.25. The molecule has 2 aliphatic heterocycles. The van der Waals surface area contributed by atoms with E-state index in [1.165, 1.54) is 18.2 Å². The SMILES string of the molecule is CC1Cn2ncc(N3C[C@@H](C)O[C@H](C)C3)c2CN1C(=O)Nc1ccc(F)c(Cl)c1. The Labute approximate surface area is 174 Å². The Morgan fingerprint density at radius 2 is 1.97 bits per heavy atom. The molecule has 1 aromatic heterocycles. The maximum Gasteiger partial charge on any atom is 0.322 e. The number of urea groups is 1. The molecule has 4 rings (SSSR count). The number of rotatable bonds is 2. The van der Waals surface area contributed by atoms with Gasteiger partial charge in [0.2, 0.25) is 0 Å². The summed E-state index contributed by atoms with van der Waals surface area (Å²) in [5, 5.41) is 7.34. The Morgan fingerprint density at radius 3 is 2.66 bits per heavy atom. The van der Waals surface area contributed by atoms with Crippen molar-refractivity contribution in [2.45, 2.75) is 52.1 Å². The first-order chi connectivity index (χ1) is 13.8. The van der Waals surface area contributed by atoms with E-state index in [0.29, 0.717) is 18.8 Å². The maximum atomic E-state index is 13.4. The molecule has 2 aliphatic rings. The van der Waals surface area contributed by atoms with Crippen molar-refractivity contribution in [3.8, 4) is 0 Å². The van der Waals surface area contributed by atoms with Crippen molar-refractivity contribution in [1.82, 2.24) is 14.7 Å². The zero-order valence-electron chi connectivity index (χ0n) is 16.7. The molecule has 156 valence electrons. The van der Waals surface area contributed by atoms with E-state index in [2.05, 4.69) is 29.2 Å². The smallest absolute Gasteiger partial charge is 0.322 e. The molecule has 1 unspecified atom stereocenters. The largest absolute Gasteiger partial charge is 0.372 e. The first-order valence-corrected chi connectivity index (χ1v) is 10.2. The Hall–Kier alpha value is -2.32. The molecule has 2 amide bonds. The predicted octanol–water partition coefficient (Wildman–Crippen LogP) is 3.73. The molecular weight excluding hydrogens is 397 g/mol. The first kappa shape index (κ1) is 20.0. The van der Waals surface area contributed by atoms with E-state index in [1.54, 1.807) is 4.90 Å². The van der Waals surface area contributed by atoms with Crippen LogP contribution in [0, 0.1) is 5.82 Å². The average Bonchev–Trinajstić information content (AvgIpc) is 3.06. The van der Waals surface area contributed by atoms with Crippen LogP contribution in [0.1, 0.15) is 26.5 Å².